The van der Waals surface area contributed by atoms with Gasteiger partial charge in [0, 0.05) is 33.8 Å². The zero-order chi connectivity index (χ0) is 25.2. The van der Waals surface area contributed by atoms with Crippen molar-refractivity contribution >= 4 is 68.9 Å². The summed E-state index contributed by atoms with van der Waals surface area (Å²) in [6.45, 7) is 0. The number of aromatic nitrogens is 3. The van der Waals surface area contributed by atoms with E-state index in [0.29, 0.717) is 31.3 Å². The lowest BCUT2D eigenvalue weighted by Gasteiger charge is -2.22. The van der Waals surface area contributed by atoms with Crippen molar-refractivity contribution in [2.45, 2.75) is 16.1 Å². The van der Waals surface area contributed by atoms with Crippen LogP contribution in [0.4, 0.5) is 5.13 Å². The molecule has 0 spiro atoms. The minimum Gasteiger partial charge on any atom is -0.507 e. The van der Waals surface area contributed by atoms with Crippen LogP contribution < -0.4 is 4.90 Å². The highest BCUT2D eigenvalue weighted by Gasteiger charge is 2.48. The number of pyridine rings is 1. The van der Waals surface area contributed by atoms with Crippen LogP contribution in [0.5, 0.6) is 0 Å². The van der Waals surface area contributed by atoms with Crippen molar-refractivity contribution in [1.29, 1.82) is 0 Å². The Hall–Kier alpha value is -3.24. The molecule has 3 heterocycles. The third kappa shape index (κ3) is 4.75. The average molecular weight is 555 g/mol. The van der Waals surface area contributed by atoms with E-state index in [9.17, 15) is 14.7 Å². The fourth-order valence-electron chi connectivity index (χ4n) is 3.77. The van der Waals surface area contributed by atoms with Crippen LogP contribution in [0.2, 0.25) is 10.0 Å². The molecule has 1 saturated heterocycles. The van der Waals surface area contributed by atoms with Crippen LogP contribution in [-0.2, 0) is 15.3 Å². The third-order valence-corrected chi connectivity index (χ3v) is 8.22. The molecular formula is C25H16Cl2N4O3S2. The minimum atomic E-state index is -0.912. The Morgan fingerprint density at radius 3 is 2.44 bits per heavy atom. The number of hydrogen-bond acceptors (Lipinski definition) is 8. The normalized spacial score (nSPS) is 17.1. The SMILES string of the molecule is O=C1C(=O)N(c2nnc(SCc3ccccc3Cl)s2)C(c2ccc(Cl)cc2)C1=C(O)c1ccncc1. The highest BCUT2D eigenvalue weighted by atomic mass is 35.5. The van der Waals surface area contributed by atoms with Crippen LogP contribution in [-0.4, -0.2) is 32.0 Å². The first-order chi connectivity index (χ1) is 17.4. The van der Waals surface area contributed by atoms with Gasteiger partial charge in [0.25, 0.3) is 5.78 Å². The average Bonchev–Trinajstić information content (AvgIpc) is 3.46. The molecule has 7 nitrogen and oxygen atoms in total. The van der Waals surface area contributed by atoms with Crippen LogP contribution >= 0.6 is 46.3 Å². The molecule has 11 heteroatoms. The van der Waals surface area contributed by atoms with Crippen LogP contribution in [0.3, 0.4) is 0 Å². The van der Waals surface area contributed by atoms with E-state index < -0.39 is 17.7 Å². The first-order valence-corrected chi connectivity index (χ1v) is 13.2. The summed E-state index contributed by atoms with van der Waals surface area (Å²) in [6, 6.07) is 16.5. The van der Waals surface area contributed by atoms with E-state index in [1.54, 1.807) is 36.4 Å². The van der Waals surface area contributed by atoms with E-state index in [1.807, 2.05) is 24.3 Å². The maximum absolute atomic E-state index is 13.2. The number of amides is 1. The molecule has 1 N–H and O–H groups in total. The number of aliphatic hydroxyl groups is 1. The second-order valence-electron chi connectivity index (χ2n) is 7.69. The predicted octanol–water partition coefficient (Wildman–Crippen LogP) is 6.16. The summed E-state index contributed by atoms with van der Waals surface area (Å²) in [5.41, 5.74) is 1.86. The standard InChI is InChI=1S/C25H16Cl2N4O3S2/c26-17-7-5-14(6-8-17)20-19(21(32)15-9-11-28-12-10-15)22(33)23(34)31(20)24-29-30-25(36-24)35-13-16-3-1-2-4-18(16)27/h1-12,20,32H,13H2. The number of carbonyl (C=O) groups is 2. The predicted molar refractivity (Wildman–Crippen MR) is 141 cm³/mol. The van der Waals surface area contributed by atoms with E-state index in [2.05, 4.69) is 15.2 Å². The molecule has 2 aromatic heterocycles. The topological polar surface area (TPSA) is 96.3 Å². The van der Waals surface area contributed by atoms with Crippen molar-refractivity contribution in [2.75, 3.05) is 4.90 Å². The molecular weight excluding hydrogens is 539 g/mol. The van der Waals surface area contributed by atoms with Gasteiger partial charge in [-0.3, -0.25) is 19.5 Å². The molecule has 0 bridgehead atoms. The molecule has 1 atom stereocenters. The first kappa shape index (κ1) is 24.5. The largest absolute Gasteiger partial charge is 0.507 e. The molecule has 2 aromatic carbocycles. The number of rotatable bonds is 6. The minimum absolute atomic E-state index is 0.0472. The number of ketones is 1. The summed E-state index contributed by atoms with van der Waals surface area (Å²) in [4.78, 5) is 31.7. The van der Waals surface area contributed by atoms with Gasteiger partial charge < -0.3 is 5.11 Å². The Morgan fingerprint density at radius 2 is 1.72 bits per heavy atom. The number of nitrogens with zero attached hydrogens (tertiary/aromatic N) is 4. The lowest BCUT2D eigenvalue weighted by atomic mass is 9.96. The van der Waals surface area contributed by atoms with Gasteiger partial charge in [-0.05, 0) is 41.5 Å². The van der Waals surface area contributed by atoms with E-state index in [4.69, 9.17) is 23.2 Å². The van der Waals surface area contributed by atoms with Gasteiger partial charge in [-0.2, -0.15) is 0 Å². The molecule has 4 aromatic rings. The van der Waals surface area contributed by atoms with Crippen LogP contribution in [0, 0.1) is 0 Å². The summed E-state index contributed by atoms with van der Waals surface area (Å²) in [5.74, 6) is -1.35. The molecule has 1 aliphatic heterocycles. The molecule has 5 rings (SSSR count). The third-order valence-electron chi connectivity index (χ3n) is 5.49. The van der Waals surface area contributed by atoms with Gasteiger partial charge in [0.15, 0.2) is 4.34 Å². The summed E-state index contributed by atoms with van der Waals surface area (Å²) >= 11 is 14.9. The molecule has 36 heavy (non-hydrogen) atoms. The summed E-state index contributed by atoms with van der Waals surface area (Å²) < 4.78 is 0.607. The van der Waals surface area contributed by atoms with Crippen LogP contribution in [0.25, 0.3) is 5.76 Å². The first-order valence-electron chi connectivity index (χ1n) is 10.6. The van der Waals surface area contributed by atoms with Gasteiger partial charge in [-0.1, -0.05) is 76.6 Å². The Balaban J connectivity index is 1.54. The van der Waals surface area contributed by atoms with Gasteiger partial charge >= 0.3 is 5.91 Å². The number of thioether (sulfide) groups is 1. The number of halogens is 2. The maximum atomic E-state index is 13.2. The molecule has 0 aliphatic carbocycles. The van der Waals surface area contributed by atoms with Gasteiger partial charge in [0.05, 0.1) is 11.6 Å². The highest BCUT2D eigenvalue weighted by Crippen LogP contribution is 2.44. The van der Waals surface area contributed by atoms with Crippen molar-refractivity contribution < 1.29 is 14.7 Å². The van der Waals surface area contributed by atoms with Crippen molar-refractivity contribution in [1.82, 2.24) is 15.2 Å². The quantitative estimate of drug-likeness (QED) is 0.100. The summed E-state index contributed by atoms with van der Waals surface area (Å²) in [5, 5.41) is 20.9. The lowest BCUT2D eigenvalue weighted by molar-refractivity contribution is -0.132. The second-order valence-corrected chi connectivity index (χ2v) is 10.7. The Labute approximate surface area is 224 Å². The summed E-state index contributed by atoms with van der Waals surface area (Å²) in [6.07, 6.45) is 2.99. The smallest absolute Gasteiger partial charge is 0.301 e. The fourth-order valence-corrected chi connectivity index (χ4v) is 6.05. The van der Waals surface area contributed by atoms with E-state index in [1.165, 1.54) is 40.4 Å². The number of carbonyl (C=O) groups excluding carboxylic acids is 2. The Morgan fingerprint density at radius 1 is 1.00 bits per heavy atom. The second kappa shape index (κ2) is 10.4. The molecule has 0 radical (unpaired) electrons. The van der Waals surface area contributed by atoms with Gasteiger partial charge in [-0.15, -0.1) is 10.2 Å². The maximum Gasteiger partial charge on any atom is 0.301 e. The number of aliphatic hydroxyl groups excluding tert-OH is 1. The van der Waals surface area contributed by atoms with Gasteiger partial charge in [-0.25, -0.2) is 0 Å². The molecule has 0 saturated carbocycles. The van der Waals surface area contributed by atoms with Crippen molar-refractivity contribution in [2.24, 2.45) is 0 Å². The Kier molecular flexibility index (Phi) is 7.06. The van der Waals surface area contributed by atoms with E-state index in [-0.39, 0.29) is 16.5 Å². The fraction of sp³-hybridized carbons (Fsp3) is 0.0800. The van der Waals surface area contributed by atoms with Gasteiger partial charge in [0.1, 0.15) is 5.76 Å². The zero-order valence-corrected chi connectivity index (χ0v) is 21.5. The van der Waals surface area contributed by atoms with Crippen molar-refractivity contribution in [3.63, 3.8) is 0 Å². The molecule has 1 fully saturated rings. The van der Waals surface area contributed by atoms with E-state index in [0.717, 1.165) is 5.56 Å². The molecule has 1 amide bonds. The van der Waals surface area contributed by atoms with Gasteiger partial charge in [0.2, 0.25) is 5.13 Å². The number of anilines is 1. The number of Topliss-reactive ketones (excluding diaryl/α,β-unsaturated/α-hetero) is 1. The summed E-state index contributed by atoms with van der Waals surface area (Å²) in [7, 11) is 0. The Bertz CT molecular complexity index is 1480. The van der Waals surface area contributed by atoms with Crippen LogP contribution in [0.15, 0.2) is 83.0 Å². The van der Waals surface area contributed by atoms with Crippen molar-refractivity contribution in [3.05, 3.63) is 105 Å². The zero-order valence-electron chi connectivity index (χ0n) is 18.3. The van der Waals surface area contributed by atoms with Crippen molar-refractivity contribution in [3.8, 4) is 0 Å². The van der Waals surface area contributed by atoms with Crippen LogP contribution in [0.1, 0.15) is 22.7 Å². The molecule has 1 aliphatic rings. The molecule has 1 unspecified atom stereocenters. The van der Waals surface area contributed by atoms with E-state index >= 15 is 0 Å². The monoisotopic (exact) mass is 554 g/mol. The molecule has 180 valence electrons. The highest BCUT2D eigenvalue weighted by molar-refractivity contribution is 8.00. The number of benzene rings is 2. The number of hydrogen-bond donors (Lipinski definition) is 1. The lowest BCUT2D eigenvalue weighted by Crippen LogP contribution is -2.29.